The number of ether oxygens (including phenoxy) is 1. The van der Waals surface area contributed by atoms with E-state index in [2.05, 4.69) is 12.1 Å². The molecule has 1 saturated heterocycles. The number of carbonyl (C=O) groups is 2. The quantitative estimate of drug-likeness (QED) is 0.711. The largest absolute Gasteiger partial charge is 0.451 e. The van der Waals surface area contributed by atoms with Gasteiger partial charge in [0.15, 0.2) is 16.4 Å². The Hall–Kier alpha value is -2.19. The van der Waals surface area contributed by atoms with Gasteiger partial charge in [-0.1, -0.05) is 24.3 Å². The van der Waals surface area contributed by atoms with Crippen molar-refractivity contribution in [1.29, 1.82) is 0 Å². The summed E-state index contributed by atoms with van der Waals surface area (Å²) >= 11 is 1.39. The second-order valence-corrected chi connectivity index (χ2v) is 10.5. The second kappa shape index (κ2) is 7.33. The lowest BCUT2D eigenvalue weighted by Gasteiger charge is -2.23. The molecule has 0 N–H and O–H groups in total. The monoisotopic (exact) mass is 419 g/mol. The van der Waals surface area contributed by atoms with Crippen LogP contribution in [0.2, 0.25) is 0 Å². The van der Waals surface area contributed by atoms with Gasteiger partial charge in [0.25, 0.3) is 5.91 Å². The third-order valence-electron chi connectivity index (χ3n) is 5.41. The number of likely N-dealkylation sites (N-methyl/N-ethyl adjacent to an activating group) is 1. The lowest BCUT2D eigenvalue weighted by atomic mass is 9.91. The van der Waals surface area contributed by atoms with Crippen LogP contribution >= 0.6 is 11.3 Å². The third kappa shape index (κ3) is 3.71. The Balaban J connectivity index is 1.40. The smallest absolute Gasteiger partial charge is 0.348 e. The summed E-state index contributed by atoms with van der Waals surface area (Å²) in [5, 5.41) is 0. The van der Waals surface area contributed by atoms with Crippen LogP contribution in [0.25, 0.3) is 10.4 Å². The van der Waals surface area contributed by atoms with Crippen molar-refractivity contribution < 1.29 is 22.7 Å². The standard InChI is InChI=1S/C20H21NO5S2/c1-21(15-8-9-28(24,25)12-15)18(22)11-26-20(23)17-10-14-7-6-13-4-2-3-5-16(13)19(14)27-17/h2-5,10,15H,6-9,11-12H2,1H3/t15-/m1/s1. The van der Waals surface area contributed by atoms with Gasteiger partial charge in [-0.2, -0.15) is 0 Å². The number of hydrogen-bond donors (Lipinski definition) is 0. The summed E-state index contributed by atoms with van der Waals surface area (Å²) in [5.74, 6) is -0.836. The molecule has 4 rings (SSSR count). The number of rotatable bonds is 4. The molecule has 1 aliphatic carbocycles. The number of nitrogens with zero attached hydrogens (tertiary/aromatic N) is 1. The summed E-state index contributed by atoms with van der Waals surface area (Å²) in [6, 6.07) is 9.69. The molecule has 6 nitrogen and oxygen atoms in total. The van der Waals surface area contributed by atoms with Crippen LogP contribution in [0.15, 0.2) is 30.3 Å². The molecule has 2 heterocycles. The molecule has 0 radical (unpaired) electrons. The van der Waals surface area contributed by atoms with Gasteiger partial charge in [-0.3, -0.25) is 4.79 Å². The van der Waals surface area contributed by atoms with E-state index in [0.29, 0.717) is 11.3 Å². The molecule has 1 fully saturated rings. The Bertz CT molecular complexity index is 1040. The molecular weight excluding hydrogens is 398 g/mol. The zero-order chi connectivity index (χ0) is 19.9. The first-order chi connectivity index (χ1) is 13.3. The van der Waals surface area contributed by atoms with Gasteiger partial charge in [0.2, 0.25) is 0 Å². The maximum absolute atomic E-state index is 12.4. The molecule has 2 aliphatic rings. The Morgan fingerprint density at radius 2 is 1.96 bits per heavy atom. The van der Waals surface area contributed by atoms with Crippen LogP contribution < -0.4 is 0 Å². The van der Waals surface area contributed by atoms with Gasteiger partial charge in [0, 0.05) is 18.0 Å². The first-order valence-corrected chi connectivity index (χ1v) is 11.8. The van der Waals surface area contributed by atoms with Crippen molar-refractivity contribution in [2.24, 2.45) is 0 Å². The molecule has 1 aliphatic heterocycles. The van der Waals surface area contributed by atoms with E-state index in [9.17, 15) is 18.0 Å². The fraction of sp³-hybridized carbons (Fsp3) is 0.400. The molecule has 1 aromatic carbocycles. The van der Waals surface area contributed by atoms with Crippen molar-refractivity contribution in [3.8, 4) is 10.4 Å². The van der Waals surface area contributed by atoms with Gasteiger partial charge in [-0.15, -0.1) is 11.3 Å². The van der Waals surface area contributed by atoms with Gasteiger partial charge < -0.3 is 9.64 Å². The fourth-order valence-electron chi connectivity index (χ4n) is 3.76. The maximum Gasteiger partial charge on any atom is 0.348 e. The zero-order valence-electron chi connectivity index (χ0n) is 15.5. The molecule has 0 saturated carbocycles. The number of hydrogen-bond acceptors (Lipinski definition) is 6. The number of esters is 1. The summed E-state index contributed by atoms with van der Waals surface area (Å²) in [7, 11) is -1.52. The molecule has 8 heteroatoms. The van der Waals surface area contributed by atoms with Crippen LogP contribution in [-0.2, 0) is 32.2 Å². The van der Waals surface area contributed by atoms with E-state index in [0.717, 1.165) is 28.8 Å². The normalized spacial score (nSPS) is 19.5. The van der Waals surface area contributed by atoms with Gasteiger partial charge in [-0.05, 0) is 42.0 Å². The summed E-state index contributed by atoms with van der Waals surface area (Å²) in [4.78, 5) is 27.7. The topological polar surface area (TPSA) is 80.8 Å². The molecule has 0 bridgehead atoms. The number of fused-ring (bicyclic) bond motifs is 3. The van der Waals surface area contributed by atoms with Crippen molar-refractivity contribution in [1.82, 2.24) is 4.90 Å². The lowest BCUT2D eigenvalue weighted by Crippen LogP contribution is -2.40. The zero-order valence-corrected chi connectivity index (χ0v) is 17.1. The molecule has 1 aromatic heterocycles. The Labute approximate surface area is 168 Å². The minimum absolute atomic E-state index is 0.0275. The number of sulfone groups is 1. The molecule has 1 amide bonds. The van der Waals surface area contributed by atoms with Crippen LogP contribution in [0.1, 0.15) is 27.2 Å². The maximum atomic E-state index is 12.4. The summed E-state index contributed by atoms with van der Waals surface area (Å²) in [6.45, 7) is -0.384. The van der Waals surface area contributed by atoms with Crippen LogP contribution in [0.3, 0.4) is 0 Å². The first-order valence-electron chi connectivity index (χ1n) is 9.18. The van der Waals surface area contributed by atoms with E-state index in [4.69, 9.17) is 4.74 Å². The highest BCUT2D eigenvalue weighted by molar-refractivity contribution is 7.91. The van der Waals surface area contributed by atoms with Gasteiger partial charge in [0.1, 0.15) is 4.88 Å². The number of benzene rings is 1. The molecule has 0 unspecified atom stereocenters. The highest BCUT2D eigenvalue weighted by Gasteiger charge is 2.33. The summed E-state index contributed by atoms with van der Waals surface area (Å²) in [6.07, 6.45) is 2.26. The van der Waals surface area contributed by atoms with Crippen LogP contribution in [-0.4, -0.2) is 56.4 Å². The van der Waals surface area contributed by atoms with Crippen molar-refractivity contribution >= 4 is 33.1 Å². The highest BCUT2D eigenvalue weighted by atomic mass is 32.2. The minimum Gasteiger partial charge on any atom is -0.451 e. The Kier molecular flexibility index (Phi) is 5.01. The molecule has 28 heavy (non-hydrogen) atoms. The van der Waals surface area contributed by atoms with Gasteiger partial charge in [0.05, 0.1) is 11.5 Å². The van der Waals surface area contributed by atoms with Crippen LogP contribution in [0, 0.1) is 0 Å². The van der Waals surface area contributed by atoms with E-state index in [1.807, 2.05) is 18.2 Å². The third-order valence-corrected chi connectivity index (χ3v) is 8.35. The van der Waals surface area contributed by atoms with Crippen LogP contribution in [0.4, 0.5) is 0 Å². The number of aryl methyl sites for hydroxylation is 2. The predicted octanol–water partition coefficient (Wildman–Crippen LogP) is 2.32. The van der Waals surface area contributed by atoms with E-state index < -0.39 is 15.8 Å². The Morgan fingerprint density at radius 1 is 1.21 bits per heavy atom. The Morgan fingerprint density at radius 3 is 2.71 bits per heavy atom. The first kappa shape index (κ1) is 19.1. The van der Waals surface area contributed by atoms with E-state index in [-0.39, 0.29) is 30.1 Å². The predicted molar refractivity (Wildman–Crippen MR) is 107 cm³/mol. The fourth-order valence-corrected chi connectivity index (χ4v) is 6.70. The minimum atomic E-state index is -3.07. The molecule has 2 aromatic rings. The van der Waals surface area contributed by atoms with E-state index >= 15 is 0 Å². The van der Waals surface area contributed by atoms with Crippen molar-refractivity contribution in [3.05, 3.63) is 46.3 Å². The number of amides is 1. The average Bonchev–Trinajstić information content (AvgIpc) is 3.28. The summed E-state index contributed by atoms with van der Waals surface area (Å²) in [5.41, 5.74) is 3.57. The van der Waals surface area contributed by atoms with E-state index in [1.165, 1.54) is 21.8 Å². The second-order valence-electron chi connectivity index (χ2n) is 7.26. The summed E-state index contributed by atoms with van der Waals surface area (Å²) < 4.78 is 28.4. The number of thiophene rings is 1. The molecule has 148 valence electrons. The van der Waals surface area contributed by atoms with Gasteiger partial charge in [-0.25, -0.2) is 13.2 Å². The van der Waals surface area contributed by atoms with Crippen LogP contribution in [0.5, 0.6) is 0 Å². The average molecular weight is 420 g/mol. The number of carbonyl (C=O) groups excluding carboxylic acids is 2. The van der Waals surface area contributed by atoms with E-state index in [1.54, 1.807) is 7.05 Å². The molecule has 0 spiro atoms. The molecule has 1 atom stereocenters. The lowest BCUT2D eigenvalue weighted by molar-refractivity contribution is -0.134. The highest BCUT2D eigenvalue weighted by Crippen LogP contribution is 2.39. The van der Waals surface area contributed by atoms with Crippen molar-refractivity contribution in [3.63, 3.8) is 0 Å². The van der Waals surface area contributed by atoms with Crippen molar-refractivity contribution in [2.45, 2.75) is 25.3 Å². The van der Waals surface area contributed by atoms with Crippen molar-refractivity contribution in [2.75, 3.05) is 25.2 Å². The molecular formula is C20H21NO5S2. The van der Waals surface area contributed by atoms with Gasteiger partial charge >= 0.3 is 5.97 Å². The SMILES string of the molecule is CN(C(=O)COC(=O)c1cc2c(s1)-c1ccccc1CC2)[C@@H]1CCS(=O)(=O)C1.